The van der Waals surface area contributed by atoms with E-state index in [1.807, 2.05) is 19.1 Å². The van der Waals surface area contributed by atoms with Crippen molar-refractivity contribution >= 4 is 11.7 Å². The third kappa shape index (κ3) is 2.42. The lowest BCUT2D eigenvalue weighted by Crippen LogP contribution is -1.98. The van der Waals surface area contributed by atoms with Crippen molar-refractivity contribution < 1.29 is 9.90 Å². The molecule has 1 aromatic carbocycles. The monoisotopic (exact) mass is 228 g/mol. The average Bonchev–Trinajstić information content (AvgIpc) is 2.28. The van der Waals surface area contributed by atoms with Gasteiger partial charge in [-0.2, -0.15) is 0 Å². The molecule has 86 valence electrons. The largest absolute Gasteiger partial charge is 0.478 e. The van der Waals surface area contributed by atoms with Gasteiger partial charge in [-0.15, -0.1) is 0 Å². The molecule has 17 heavy (non-hydrogen) atoms. The third-order valence-corrected chi connectivity index (χ3v) is 2.43. The van der Waals surface area contributed by atoms with Crippen LogP contribution in [0.5, 0.6) is 0 Å². The van der Waals surface area contributed by atoms with Crippen molar-refractivity contribution in [1.29, 1.82) is 0 Å². The molecule has 0 saturated carbocycles. The van der Waals surface area contributed by atoms with Gasteiger partial charge in [0.05, 0.1) is 5.56 Å². The van der Waals surface area contributed by atoms with Crippen LogP contribution in [-0.2, 0) is 0 Å². The minimum Gasteiger partial charge on any atom is -0.478 e. The molecule has 0 radical (unpaired) electrons. The van der Waals surface area contributed by atoms with Gasteiger partial charge in [0.1, 0.15) is 0 Å². The number of carboxylic acids is 1. The molecule has 1 heterocycles. The quantitative estimate of drug-likeness (QED) is 0.773. The summed E-state index contributed by atoms with van der Waals surface area (Å²) in [7, 11) is 0. The van der Waals surface area contributed by atoms with E-state index in [1.165, 1.54) is 6.07 Å². The number of rotatable bonds is 2. The number of hydrogen-bond donors (Lipinski definition) is 2. The van der Waals surface area contributed by atoms with Gasteiger partial charge in [0.25, 0.3) is 0 Å². The van der Waals surface area contributed by atoms with Crippen molar-refractivity contribution in [3.8, 4) is 11.1 Å². The van der Waals surface area contributed by atoms with E-state index in [0.29, 0.717) is 5.69 Å². The molecule has 2 rings (SSSR count). The Morgan fingerprint density at radius 3 is 2.65 bits per heavy atom. The number of anilines is 1. The zero-order chi connectivity index (χ0) is 12.4. The molecule has 4 nitrogen and oxygen atoms in total. The van der Waals surface area contributed by atoms with Crippen molar-refractivity contribution in [2.75, 3.05) is 5.73 Å². The number of carboxylic acid groups (broad SMARTS) is 1. The van der Waals surface area contributed by atoms with Gasteiger partial charge in [-0.1, -0.05) is 0 Å². The summed E-state index contributed by atoms with van der Waals surface area (Å²) >= 11 is 0. The molecule has 0 amide bonds. The number of nitrogens with zero attached hydrogens (tertiary/aromatic N) is 1. The zero-order valence-electron chi connectivity index (χ0n) is 9.34. The van der Waals surface area contributed by atoms with Crippen LogP contribution in [0.15, 0.2) is 36.5 Å². The molecule has 0 aliphatic heterocycles. The van der Waals surface area contributed by atoms with Gasteiger partial charge in [-0.25, -0.2) is 4.79 Å². The van der Waals surface area contributed by atoms with Crippen LogP contribution in [0.25, 0.3) is 11.1 Å². The van der Waals surface area contributed by atoms with Gasteiger partial charge in [0, 0.05) is 17.6 Å². The second-order valence-corrected chi connectivity index (χ2v) is 3.83. The first kappa shape index (κ1) is 11.1. The number of aromatic carboxylic acids is 1. The summed E-state index contributed by atoms with van der Waals surface area (Å²) in [6.45, 7) is 1.88. The van der Waals surface area contributed by atoms with Gasteiger partial charge in [-0.3, -0.25) is 4.98 Å². The smallest absolute Gasteiger partial charge is 0.335 e. The SMILES string of the molecule is Cc1cc(-c2cc(N)cc(C(=O)O)c2)ccn1. The minimum atomic E-state index is -0.982. The first-order valence-electron chi connectivity index (χ1n) is 5.13. The van der Waals surface area contributed by atoms with Crippen LogP contribution >= 0.6 is 0 Å². The summed E-state index contributed by atoms with van der Waals surface area (Å²) in [6, 6.07) is 8.52. The van der Waals surface area contributed by atoms with Crippen molar-refractivity contribution in [2.45, 2.75) is 6.92 Å². The summed E-state index contributed by atoms with van der Waals surface area (Å²) in [5.74, 6) is -0.982. The highest BCUT2D eigenvalue weighted by atomic mass is 16.4. The fraction of sp³-hybridized carbons (Fsp3) is 0.0769. The van der Waals surface area contributed by atoms with Crippen LogP contribution < -0.4 is 5.73 Å². The number of carbonyl (C=O) groups is 1. The fourth-order valence-electron chi connectivity index (χ4n) is 1.67. The number of hydrogen-bond acceptors (Lipinski definition) is 3. The van der Waals surface area contributed by atoms with E-state index in [1.54, 1.807) is 18.3 Å². The van der Waals surface area contributed by atoms with Gasteiger partial charge >= 0.3 is 5.97 Å². The van der Waals surface area contributed by atoms with Crippen molar-refractivity contribution in [1.82, 2.24) is 4.98 Å². The molecule has 0 unspecified atom stereocenters. The Labute approximate surface area is 98.7 Å². The lowest BCUT2D eigenvalue weighted by molar-refractivity contribution is 0.0697. The van der Waals surface area contributed by atoms with E-state index in [4.69, 9.17) is 10.8 Å². The molecule has 4 heteroatoms. The summed E-state index contributed by atoms with van der Waals surface area (Å²) in [5, 5.41) is 8.97. The topological polar surface area (TPSA) is 76.2 Å². The molecule has 0 aliphatic carbocycles. The number of benzene rings is 1. The van der Waals surface area contributed by atoms with Crippen LogP contribution in [0, 0.1) is 6.92 Å². The molecule has 1 aromatic heterocycles. The average molecular weight is 228 g/mol. The molecule has 2 aromatic rings. The third-order valence-electron chi connectivity index (χ3n) is 2.43. The molecule has 0 aliphatic rings. The molecule has 0 saturated heterocycles. The summed E-state index contributed by atoms with van der Waals surface area (Å²) in [4.78, 5) is 15.0. The van der Waals surface area contributed by atoms with Crippen molar-refractivity contribution in [3.05, 3.63) is 47.8 Å². The highest BCUT2D eigenvalue weighted by Gasteiger charge is 2.07. The Hall–Kier alpha value is -2.36. The lowest BCUT2D eigenvalue weighted by Gasteiger charge is -2.05. The van der Waals surface area contributed by atoms with Crippen LogP contribution in [0.2, 0.25) is 0 Å². The first-order valence-corrected chi connectivity index (χ1v) is 5.13. The van der Waals surface area contributed by atoms with Gasteiger partial charge in [0.15, 0.2) is 0 Å². The van der Waals surface area contributed by atoms with E-state index in [2.05, 4.69) is 4.98 Å². The minimum absolute atomic E-state index is 0.189. The Kier molecular flexibility index (Phi) is 2.78. The standard InChI is InChI=1S/C13H12N2O2/c1-8-4-9(2-3-15-8)10-5-11(13(16)17)7-12(14)6-10/h2-7H,14H2,1H3,(H,16,17). The van der Waals surface area contributed by atoms with Gasteiger partial charge < -0.3 is 10.8 Å². The lowest BCUT2D eigenvalue weighted by atomic mass is 10.0. The molecular formula is C13H12N2O2. The second-order valence-electron chi connectivity index (χ2n) is 3.83. The van der Waals surface area contributed by atoms with Gasteiger partial charge in [-0.05, 0) is 48.4 Å². The van der Waals surface area contributed by atoms with Crippen molar-refractivity contribution in [2.24, 2.45) is 0 Å². The summed E-state index contributed by atoms with van der Waals surface area (Å²) < 4.78 is 0. The maximum absolute atomic E-state index is 10.9. The van der Waals surface area contributed by atoms with Crippen LogP contribution in [-0.4, -0.2) is 16.1 Å². The molecule has 0 atom stereocenters. The highest BCUT2D eigenvalue weighted by molar-refractivity contribution is 5.91. The van der Waals surface area contributed by atoms with Crippen LogP contribution in [0.3, 0.4) is 0 Å². The molecule has 0 spiro atoms. The molecule has 3 N–H and O–H groups in total. The summed E-state index contributed by atoms with van der Waals surface area (Å²) in [5.41, 5.74) is 8.89. The Morgan fingerprint density at radius 1 is 1.24 bits per heavy atom. The number of aromatic nitrogens is 1. The van der Waals surface area contributed by atoms with E-state index in [9.17, 15) is 4.79 Å². The second kappa shape index (κ2) is 4.25. The highest BCUT2D eigenvalue weighted by Crippen LogP contribution is 2.23. The fourth-order valence-corrected chi connectivity index (χ4v) is 1.67. The maximum Gasteiger partial charge on any atom is 0.335 e. The molecular weight excluding hydrogens is 216 g/mol. The Bertz CT molecular complexity index is 579. The van der Waals surface area contributed by atoms with E-state index in [-0.39, 0.29) is 5.56 Å². The number of pyridine rings is 1. The number of nitrogens with two attached hydrogens (primary N) is 1. The van der Waals surface area contributed by atoms with Gasteiger partial charge in [0.2, 0.25) is 0 Å². The number of aryl methyl sites for hydroxylation is 1. The van der Waals surface area contributed by atoms with Crippen LogP contribution in [0.1, 0.15) is 16.1 Å². The number of nitrogen functional groups attached to an aromatic ring is 1. The Morgan fingerprint density at radius 2 is 2.00 bits per heavy atom. The predicted molar refractivity (Wildman–Crippen MR) is 65.8 cm³/mol. The first-order chi connectivity index (χ1) is 8.06. The normalized spacial score (nSPS) is 10.2. The van der Waals surface area contributed by atoms with Crippen molar-refractivity contribution in [3.63, 3.8) is 0 Å². The molecule has 0 bridgehead atoms. The predicted octanol–water partition coefficient (Wildman–Crippen LogP) is 2.34. The zero-order valence-corrected chi connectivity index (χ0v) is 9.34. The van der Waals surface area contributed by atoms with E-state index < -0.39 is 5.97 Å². The van der Waals surface area contributed by atoms with E-state index in [0.717, 1.165) is 16.8 Å². The van der Waals surface area contributed by atoms with E-state index >= 15 is 0 Å². The summed E-state index contributed by atoms with van der Waals surface area (Å²) in [6.07, 6.45) is 1.69. The molecule has 0 fully saturated rings. The Balaban J connectivity index is 2.56. The van der Waals surface area contributed by atoms with Crippen LogP contribution in [0.4, 0.5) is 5.69 Å². The maximum atomic E-state index is 10.9.